The van der Waals surface area contributed by atoms with Crippen molar-refractivity contribution in [2.24, 2.45) is 5.73 Å². The summed E-state index contributed by atoms with van der Waals surface area (Å²) in [6.45, 7) is 10.5. The van der Waals surface area contributed by atoms with Gasteiger partial charge in [-0.3, -0.25) is 0 Å². The van der Waals surface area contributed by atoms with Crippen LogP contribution in [0.4, 0.5) is 4.79 Å². The lowest BCUT2D eigenvalue weighted by Gasteiger charge is -2.44. The van der Waals surface area contributed by atoms with E-state index in [1.807, 2.05) is 0 Å². The van der Waals surface area contributed by atoms with Gasteiger partial charge in [0.05, 0.1) is 6.04 Å². The van der Waals surface area contributed by atoms with Gasteiger partial charge in [-0.1, -0.05) is 0 Å². The van der Waals surface area contributed by atoms with Gasteiger partial charge in [0.2, 0.25) is 0 Å². The lowest BCUT2D eigenvalue weighted by molar-refractivity contribution is -0.184. The van der Waals surface area contributed by atoms with E-state index in [9.17, 15) is 14.7 Å². The fourth-order valence-electron chi connectivity index (χ4n) is 2.69. The number of piperidine rings is 1. The van der Waals surface area contributed by atoms with Crippen molar-refractivity contribution in [2.45, 2.75) is 83.6 Å². The van der Waals surface area contributed by atoms with Gasteiger partial charge < -0.3 is 25.2 Å². The molecule has 2 atom stereocenters. The van der Waals surface area contributed by atoms with Gasteiger partial charge in [-0.05, 0) is 60.8 Å². The fourth-order valence-corrected chi connectivity index (χ4v) is 2.69. The molecular weight excluding hydrogens is 312 g/mol. The third kappa shape index (κ3) is 5.34. The molecule has 2 unspecified atom stereocenters. The van der Waals surface area contributed by atoms with Crippen LogP contribution in [0.5, 0.6) is 0 Å². The van der Waals surface area contributed by atoms with Gasteiger partial charge in [0, 0.05) is 13.1 Å². The molecule has 0 aromatic carbocycles. The van der Waals surface area contributed by atoms with Crippen LogP contribution >= 0.6 is 0 Å². The Kier molecular flexibility index (Phi) is 6.27. The molecule has 0 aliphatic carbocycles. The van der Waals surface area contributed by atoms with Crippen molar-refractivity contribution in [3.8, 4) is 0 Å². The zero-order valence-corrected chi connectivity index (χ0v) is 15.7. The third-order valence-electron chi connectivity index (χ3n) is 3.75. The van der Waals surface area contributed by atoms with E-state index in [1.165, 1.54) is 4.90 Å². The number of carbonyl (C=O) groups excluding carboxylic acids is 2. The topological polar surface area (TPSA) is 102 Å². The summed E-state index contributed by atoms with van der Waals surface area (Å²) >= 11 is 0. The fraction of sp³-hybridized carbons (Fsp3) is 0.882. The summed E-state index contributed by atoms with van der Waals surface area (Å²) < 4.78 is 10.7. The minimum absolute atomic E-state index is 0.328. The van der Waals surface area contributed by atoms with Gasteiger partial charge >= 0.3 is 12.1 Å². The number of hydrogen-bond acceptors (Lipinski definition) is 6. The lowest BCUT2D eigenvalue weighted by atomic mass is 9.86. The molecule has 0 aromatic heterocycles. The van der Waals surface area contributed by atoms with E-state index in [4.69, 9.17) is 15.2 Å². The average molecular weight is 344 g/mol. The highest BCUT2D eigenvalue weighted by molar-refractivity contribution is 5.82. The summed E-state index contributed by atoms with van der Waals surface area (Å²) in [6, 6.07) is -0.763. The summed E-state index contributed by atoms with van der Waals surface area (Å²) in [5.41, 5.74) is 2.34. The highest BCUT2D eigenvalue weighted by atomic mass is 16.6. The van der Waals surface area contributed by atoms with Crippen molar-refractivity contribution in [1.82, 2.24) is 4.90 Å². The molecule has 140 valence electrons. The number of carbonyl (C=O) groups is 2. The quantitative estimate of drug-likeness (QED) is 0.757. The zero-order valence-electron chi connectivity index (χ0n) is 15.7. The Balaban J connectivity index is 3.06. The molecule has 3 N–H and O–H groups in total. The zero-order chi connectivity index (χ0) is 18.8. The first-order chi connectivity index (χ1) is 10.8. The number of rotatable bonds is 3. The predicted molar refractivity (Wildman–Crippen MR) is 90.4 cm³/mol. The number of esters is 1. The van der Waals surface area contributed by atoms with Crippen LogP contribution < -0.4 is 5.73 Å². The first-order valence-corrected chi connectivity index (χ1v) is 8.46. The van der Waals surface area contributed by atoms with E-state index in [0.717, 1.165) is 12.8 Å². The summed E-state index contributed by atoms with van der Waals surface area (Å²) in [5, 5.41) is 10.9. The molecule has 7 heteroatoms. The van der Waals surface area contributed by atoms with Gasteiger partial charge in [0.25, 0.3) is 0 Å². The molecule has 0 saturated carbocycles. The van der Waals surface area contributed by atoms with Crippen molar-refractivity contribution in [1.29, 1.82) is 0 Å². The van der Waals surface area contributed by atoms with Gasteiger partial charge in [-0.15, -0.1) is 0 Å². The standard InChI is InChI=1S/C17H32N2O5/c1-15(2,3)23-13(20)17(22,11-18)12-9-7-8-10-19(12)14(21)24-16(4,5)6/h12,22H,7-11,18H2,1-6H3. The number of likely N-dealkylation sites (tertiary alicyclic amines) is 1. The first-order valence-electron chi connectivity index (χ1n) is 8.46. The first kappa shape index (κ1) is 20.7. The number of nitrogens with two attached hydrogens (primary N) is 1. The molecule has 0 aromatic rings. The van der Waals surface area contributed by atoms with Crippen molar-refractivity contribution in [3.63, 3.8) is 0 Å². The van der Waals surface area contributed by atoms with Crippen molar-refractivity contribution in [2.75, 3.05) is 13.1 Å². The Morgan fingerprint density at radius 2 is 1.62 bits per heavy atom. The van der Waals surface area contributed by atoms with E-state index in [1.54, 1.807) is 41.5 Å². The average Bonchev–Trinajstić information content (AvgIpc) is 2.42. The SMILES string of the molecule is CC(C)(C)OC(=O)N1CCCCC1C(O)(CN)C(=O)OC(C)(C)C. The minimum atomic E-state index is -1.95. The smallest absolute Gasteiger partial charge is 0.410 e. The van der Waals surface area contributed by atoms with Crippen molar-refractivity contribution in [3.05, 3.63) is 0 Å². The van der Waals surface area contributed by atoms with Gasteiger partial charge in [0.15, 0.2) is 5.60 Å². The molecule has 1 heterocycles. The van der Waals surface area contributed by atoms with Crippen LogP contribution in [0.2, 0.25) is 0 Å². The normalized spacial score (nSPS) is 21.8. The highest BCUT2D eigenvalue weighted by Gasteiger charge is 2.50. The Labute approximate surface area is 144 Å². The Hall–Kier alpha value is -1.34. The van der Waals surface area contributed by atoms with Crippen molar-refractivity contribution >= 4 is 12.1 Å². The molecule has 1 aliphatic heterocycles. The molecule has 0 spiro atoms. The number of nitrogens with zero attached hydrogens (tertiary/aromatic N) is 1. The van der Waals surface area contributed by atoms with E-state index in [0.29, 0.717) is 13.0 Å². The molecule has 24 heavy (non-hydrogen) atoms. The third-order valence-corrected chi connectivity index (χ3v) is 3.75. The van der Waals surface area contributed by atoms with Crippen LogP contribution in [0.3, 0.4) is 0 Å². The second kappa shape index (κ2) is 7.27. The number of hydrogen-bond donors (Lipinski definition) is 2. The maximum Gasteiger partial charge on any atom is 0.410 e. The maximum absolute atomic E-state index is 12.5. The predicted octanol–water partition coefficient (Wildman–Crippen LogP) is 1.81. The summed E-state index contributed by atoms with van der Waals surface area (Å²) in [4.78, 5) is 26.4. The minimum Gasteiger partial charge on any atom is -0.458 e. The molecule has 7 nitrogen and oxygen atoms in total. The van der Waals surface area contributed by atoms with Crippen LogP contribution in [0.1, 0.15) is 60.8 Å². The molecule has 1 saturated heterocycles. The monoisotopic (exact) mass is 344 g/mol. The number of ether oxygens (including phenoxy) is 2. The largest absolute Gasteiger partial charge is 0.458 e. The number of aliphatic hydroxyl groups is 1. The second-order valence-electron chi connectivity index (χ2n) is 8.32. The van der Waals surface area contributed by atoms with E-state index >= 15 is 0 Å². The van der Waals surface area contributed by atoms with E-state index < -0.39 is 34.9 Å². The summed E-state index contributed by atoms with van der Waals surface area (Å²) in [7, 11) is 0. The van der Waals surface area contributed by atoms with Crippen LogP contribution in [-0.2, 0) is 14.3 Å². The summed E-state index contributed by atoms with van der Waals surface area (Å²) in [5.74, 6) is -0.807. The Bertz CT molecular complexity index is 467. The molecule has 0 radical (unpaired) electrons. The molecule has 0 bridgehead atoms. The summed E-state index contributed by atoms with van der Waals surface area (Å²) in [6.07, 6.45) is 1.48. The van der Waals surface area contributed by atoms with E-state index in [-0.39, 0.29) is 6.54 Å². The maximum atomic E-state index is 12.5. The lowest BCUT2D eigenvalue weighted by Crippen LogP contribution is -2.65. The number of amides is 1. The van der Waals surface area contributed by atoms with Crippen LogP contribution in [0, 0.1) is 0 Å². The Morgan fingerprint density at radius 1 is 1.08 bits per heavy atom. The van der Waals surface area contributed by atoms with Crippen LogP contribution in [0.15, 0.2) is 0 Å². The van der Waals surface area contributed by atoms with Gasteiger partial charge in [-0.2, -0.15) is 0 Å². The van der Waals surface area contributed by atoms with E-state index in [2.05, 4.69) is 0 Å². The molecule has 1 fully saturated rings. The van der Waals surface area contributed by atoms with Gasteiger partial charge in [-0.25, -0.2) is 9.59 Å². The molecule has 1 rings (SSSR count). The molecule has 1 amide bonds. The Morgan fingerprint density at radius 3 is 2.08 bits per heavy atom. The van der Waals surface area contributed by atoms with Gasteiger partial charge in [0.1, 0.15) is 11.2 Å². The van der Waals surface area contributed by atoms with Crippen LogP contribution in [0.25, 0.3) is 0 Å². The van der Waals surface area contributed by atoms with Crippen molar-refractivity contribution < 1.29 is 24.2 Å². The molecule has 1 aliphatic rings. The molecular formula is C17H32N2O5. The second-order valence-corrected chi connectivity index (χ2v) is 8.32. The van der Waals surface area contributed by atoms with Crippen LogP contribution in [-0.4, -0.2) is 58.0 Å². The highest BCUT2D eigenvalue weighted by Crippen LogP contribution is 2.30.